The molecule has 3 aromatic rings. The summed E-state index contributed by atoms with van der Waals surface area (Å²) in [5, 5.41) is 0.794. The zero-order chi connectivity index (χ0) is 15.5. The molecule has 0 bridgehead atoms. The fourth-order valence-corrected chi connectivity index (χ4v) is 2.17. The maximum absolute atomic E-state index is 12.2. The van der Waals surface area contributed by atoms with E-state index in [1.54, 1.807) is 31.3 Å². The lowest BCUT2D eigenvalue weighted by Gasteiger charge is -2.06. The van der Waals surface area contributed by atoms with E-state index in [2.05, 4.69) is 20.8 Å². The topological polar surface area (TPSA) is 86.9 Å². The van der Waals surface area contributed by atoms with Crippen molar-refractivity contribution in [1.29, 1.82) is 0 Å². The van der Waals surface area contributed by atoms with Crippen molar-refractivity contribution < 1.29 is 9.59 Å². The number of amides is 2. The van der Waals surface area contributed by atoms with Crippen LogP contribution in [0.2, 0.25) is 0 Å². The van der Waals surface area contributed by atoms with E-state index < -0.39 is 11.8 Å². The first kappa shape index (κ1) is 13.8. The molecular formula is C16H14N4O2. The number of pyridine rings is 1. The molecule has 0 fully saturated rings. The second kappa shape index (κ2) is 5.69. The number of para-hydroxylation sites is 1. The van der Waals surface area contributed by atoms with Crippen LogP contribution in [0.1, 0.15) is 26.5 Å². The molecule has 0 unspecified atom stereocenters. The number of nitrogens with zero attached hydrogens (tertiary/aromatic N) is 1. The number of aromatic nitrogens is 2. The summed E-state index contributed by atoms with van der Waals surface area (Å²) in [6.07, 6.45) is 1.61. The highest BCUT2D eigenvalue weighted by atomic mass is 16.2. The van der Waals surface area contributed by atoms with Crippen molar-refractivity contribution in [3.63, 3.8) is 0 Å². The van der Waals surface area contributed by atoms with Gasteiger partial charge >= 0.3 is 0 Å². The molecule has 22 heavy (non-hydrogen) atoms. The molecule has 0 saturated carbocycles. The number of rotatable bonds is 2. The lowest BCUT2D eigenvalue weighted by Crippen LogP contribution is -2.41. The minimum absolute atomic E-state index is 0.249. The van der Waals surface area contributed by atoms with Gasteiger partial charge in [-0.3, -0.25) is 20.4 Å². The van der Waals surface area contributed by atoms with Crippen molar-refractivity contribution in [3.05, 3.63) is 65.6 Å². The number of hydrazine groups is 1. The van der Waals surface area contributed by atoms with Crippen LogP contribution in [0.25, 0.3) is 10.9 Å². The summed E-state index contributed by atoms with van der Waals surface area (Å²) in [5.41, 5.74) is 7.07. The first-order chi connectivity index (χ1) is 10.6. The van der Waals surface area contributed by atoms with Crippen LogP contribution in [0.15, 0.2) is 48.7 Å². The number of aryl methyl sites for hydroxylation is 1. The fraction of sp³-hybridized carbons (Fsp3) is 0.0625. The number of carbonyl (C=O) groups is 2. The number of nitrogens with one attached hydrogen (secondary N) is 3. The van der Waals surface area contributed by atoms with Crippen LogP contribution in [0.5, 0.6) is 0 Å². The lowest BCUT2D eigenvalue weighted by molar-refractivity contribution is 0.0844. The van der Waals surface area contributed by atoms with Gasteiger partial charge in [-0.2, -0.15) is 0 Å². The van der Waals surface area contributed by atoms with Crippen LogP contribution in [-0.2, 0) is 0 Å². The Labute approximate surface area is 126 Å². The number of fused-ring (bicyclic) bond motifs is 1. The molecular weight excluding hydrogens is 280 g/mol. The molecule has 6 heteroatoms. The Morgan fingerprint density at radius 3 is 2.59 bits per heavy atom. The minimum atomic E-state index is -0.461. The number of carbonyl (C=O) groups excluding carboxylic acids is 2. The molecule has 0 atom stereocenters. The van der Waals surface area contributed by atoms with Gasteiger partial charge in [-0.05, 0) is 25.1 Å². The summed E-state index contributed by atoms with van der Waals surface area (Å²) >= 11 is 0. The Balaban J connectivity index is 1.71. The van der Waals surface area contributed by atoms with E-state index in [0.29, 0.717) is 5.56 Å². The summed E-state index contributed by atoms with van der Waals surface area (Å²) < 4.78 is 0. The first-order valence-electron chi connectivity index (χ1n) is 6.75. The zero-order valence-electron chi connectivity index (χ0n) is 11.9. The van der Waals surface area contributed by atoms with Crippen molar-refractivity contribution in [1.82, 2.24) is 20.8 Å². The molecule has 3 N–H and O–H groups in total. The van der Waals surface area contributed by atoms with Gasteiger partial charge in [0.05, 0.1) is 5.56 Å². The highest BCUT2D eigenvalue weighted by Crippen LogP contribution is 2.17. The summed E-state index contributed by atoms with van der Waals surface area (Å²) in [6.45, 7) is 1.79. The number of hydrogen-bond donors (Lipinski definition) is 3. The first-order valence-corrected chi connectivity index (χ1v) is 6.75. The second-order valence-electron chi connectivity index (χ2n) is 4.82. The normalized spacial score (nSPS) is 10.4. The molecule has 0 spiro atoms. The van der Waals surface area contributed by atoms with Crippen LogP contribution in [0.3, 0.4) is 0 Å². The number of aromatic amines is 1. The third kappa shape index (κ3) is 2.67. The third-order valence-electron chi connectivity index (χ3n) is 3.24. The molecule has 2 amide bonds. The van der Waals surface area contributed by atoms with Gasteiger partial charge in [-0.1, -0.05) is 24.3 Å². The van der Waals surface area contributed by atoms with Gasteiger partial charge in [0.25, 0.3) is 11.8 Å². The molecule has 0 saturated heterocycles. The second-order valence-corrected chi connectivity index (χ2v) is 4.82. The van der Waals surface area contributed by atoms with Crippen molar-refractivity contribution in [2.45, 2.75) is 6.92 Å². The van der Waals surface area contributed by atoms with Crippen LogP contribution >= 0.6 is 0 Å². The van der Waals surface area contributed by atoms with Crippen LogP contribution < -0.4 is 10.9 Å². The fourth-order valence-electron chi connectivity index (χ4n) is 2.17. The molecule has 6 nitrogen and oxygen atoms in total. The van der Waals surface area contributed by atoms with Gasteiger partial charge < -0.3 is 4.98 Å². The molecule has 2 aromatic heterocycles. The average Bonchev–Trinajstić information content (AvgIpc) is 2.96. The highest BCUT2D eigenvalue weighted by molar-refractivity contribution is 6.07. The molecule has 0 aliphatic carbocycles. The van der Waals surface area contributed by atoms with Gasteiger partial charge in [0.2, 0.25) is 0 Å². The Bertz CT molecular complexity index is 854. The van der Waals surface area contributed by atoms with E-state index in [1.165, 1.54) is 0 Å². The Kier molecular flexibility index (Phi) is 3.57. The number of benzene rings is 1. The van der Waals surface area contributed by atoms with Crippen molar-refractivity contribution in [3.8, 4) is 0 Å². The molecule has 0 aliphatic rings. The quantitative estimate of drug-likeness (QED) is 0.631. The van der Waals surface area contributed by atoms with Crippen LogP contribution in [0, 0.1) is 6.92 Å². The Hall–Kier alpha value is -3.15. The van der Waals surface area contributed by atoms with E-state index >= 15 is 0 Å². The predicted octanol–water partition coefficient (Wildman–Crippen LogP) is 1.95. The molecule has 3 rings (SSSR count). The van der Waals surface area contributed by atoms with E-state index in [1.807, 2.05) is 24.3 Å². The summed E-state index contributed by atoms with van der Waals surface area (Å²) in [7, 11) is 0. The monoisotopic (exact) mass is 294 g/mol. The average molecular weight is 294 g/mol. The smallest absolute Gasteiger partial charge is 0.288 e. The van der Waals surface area contributed by atoms with E-state index in [9.17, 15) is 9.59 Å². The minimum Gasteiger partial charge on any atom is -0.360 e. The van der Waals surface area contributed by atoms with Gasteiger partial charge in [-0.25, -0.2) is 4.98 Å². The lowest BCUT2D eigenvalue weighted by atomic mass is 10.2. The Morgan fingerprint density at radius 1 is 1.00 bits per heavy atom. The maximum atomic E-state index is 12.2. The standard InChI is InChI=1S/C16H14N4O2/c1-10-5-4-8-14(18-10)16(22)20-19-15(21)12-9-17-13-7-3-2-6-11(12)13/h2-9,17H,1H3,(H,19,21)(H,20,22). The summed E-state index contributed by atoms with van der Waals surface area (Å²) in [6, 6.07) is 12.6. The molecule has 0 radical (unpaired) electrons. The number of hydrogen-bond acceptors (Lipinski definition) is 3. The summed E-state index contributed by atoms with van der Waals surface area (Å²) in [4.78, 5) is 31.2. The largest absolute Gasteiger partial charge is 0.360 e. The van der Waals surface area contributed by atoms with E-state index in [-0.39, 0.29) is 5.69 Å². The number of H-pyrrole nitrogens is 1. The van der Waals surface area contributed by atoms with Gasteiger partial charge in [0.1, 0.15) is 5.69 Å². The Morgan fingerprint density at radius 2 is 1.77 bits per heavy atom. The molecule has 110 valence electrons. The van der Waals surface area contributed by atoms with Crippen LogP contribution in [0.4, 0.5) is 0 Å². The molecule has 0 aliphatic heterocycles. The van der Waals surface area contributed by atoms with E-state index in [4.69, 9.17) is 0 Å². The van der Waals surface area contributed by atoms with Gasteiger partial charge in [0, 0.05) is 22.8 Å². The van der Waals surface area contributed by atoms with Crippen molar-refractivity contribution in [2.75, 3.05) is 0 Å². The third-order valence-corrected chi connectivity index (χ3v) is 3.24. The van der Waals surface area contributed by atoms with Crippen molar-refractivity contribution in [2.24, 2.45) is 0 Å². The molecule has 1 aromatic carbocycles. The van der Waals surface area contributed by atoms with Gasteiger partial charge in [-0.15, -0.1) is 0 Å². The van der Waals surface area contributed by atoms with Crippen molar-refractivity contribution >= 4 is 22.7 Å². The predicted molar refractivity (Wildman–Crippen MR) is 82.2 cm³/mol. The SMILES string of the molecule is Cc1cccc(C(=O)NNC(=O)c2c[nH]c3ccccc23)n1. The van der Waals surface area contributed by atoms with Crippen LogP contribution in [-0.4, -0.2) is 21.8 Å². The van der Waals surface area contributed by atoms with Gasteiger partial charge in [0.15, 0.2) is 0 Å². The maximum Gasteiger partial charge on any atom is 0.288 e. The highest BCUT2D eigenvalue weighted by Gasteiger charge is 2.13. The zero-order valence-corrected chi connectivity index (χ0v) is 11.9. The van der Waals surface area contributed by atoms with E-state index in [0.717, 1.165) is 16.6 Å². The summed E-state index contributed by atoms with van der Waals surface area (Å²) in [5.74, 6) is -0.852. The molecule has 2 heterocycles.